The predicted octanol–water partition coefficient (Wildman–Crippen LogP) is 4.14. The molecule has 1 aliphatic carbocycles. The van der Waals surface area contributed by atoms with Crippen LogP contribution in [0.15, 0.2) is 43.0 Å². The molecule has 1 saturated carbocycles. The van der Waals surface area contributed by atoms with Crippen LogP contribution >= 0.6 is 0 Å². The number of nitrogens with zero attached hydrogens (tertiary/aromatic N) is 1. The van der Waals surface area contributed by atoms with E-state index in [2.05, 4.69) is 48.7 Å². The summed E-state index contributed by atoms with van der Waals surface area (Å²) in [5, 5.41) is 0. The second kappa shape index (κ2) is 5.76. The Balaban J connectivity index is 1.99. The highest BCUT2D eigenvalue weighted by Crippen LogP contribution is 2.51. The molecule has 0 spiro atoms. The average Bonchev–Trinajstić information content (AvgIpc) is 2.70. The summed E-state index contributed by atoms with van der Waals surface area (Å²) in [6.45, 7) is 7.00. The van der Waals surface area contributed by atoms with Crippen molar-refractivity contribution in [3.8, 4) is 0 Å². The van der Waals surface area contributed by atoms with Crippen LogP contribution in [-0.4, -0.2) is 23.3 Å². The summed E-state index contributed by atoms with van der Waals surface area (Å²) in [5.74, 6) is 0.470. The molecule has 1 aromatic rings. The highest BCUT2D eigenvalue weighted by atomic mass is 16.1. The molecule has 1 saturated heterocycles. The first-order valence-corrected chi connectivity index (χ1v) is 8.11. The van der Waals surface area contributed by atoms with Crippen LogP contribution in [0.2, 0.25) is 0 Å². The van der Waals surface area contributed by atoms with Crippen LogP contribution in [-0.2, 0) is 4.79 Å². The third-order valence-electron chi connectivity index (χ3n) is 5.45. The molecule has 3 rings (SSSR count). The van der Waals surface area contributed by atoms with Crippen molar-refractivity contribution in [2.24, 2.45) is 5.41 Å². The van der Waals surface area contributed by atoms with Gasteiger partial charge in [0.05, 0.1) is 0 Å². The molecule has 0 amide bonds. The van der Waals surface area contributed by atoms with E-state index in [9.17, 15) is 4.79 Å². The van der Waals surface area contributed by atoms with Gasteiger partial charge in [-0.25, -0.2) is 0 Å². The summed E-state index contributed by atoms with van der Waals surface area (Å²) >= 11 is 0. The fourth-order valence-corrected chi connectivity index (χ4v) is 4.32. The molecule has 2 aliphatic rings. The molecule has 3 atom stereocenters. The minimum atomic E-state index is -0.181. The van der Waals surface area contributed by atoms with Gasteiger partial charge in [-0.3, -0.25) is 9.69 Å². The average molecular weight is 283 g/mol. The Morgan fingerprint density at radius 1 is 1.33 bits per heavy atom. The maximum absolute atomic E-state index is 12.7. The minimum Gasteiger partial charge on any atom is -0.299 e. The number of carbonyl (C=O) groups is 1. The Morgan fingerprint density at radius 2 is 2.10 bits per heavy atom. The normalized spacial score (nSPS) is 33.5. The first kappa shape index (κ1) is 14.5. The Hall–Kier alpha value is -1.41. The van der Waals surface area contributed by atoms with Crippen LogP contribution in [0.25, 0.3) is 0 Å². The van der Waals surface area contributed by atoms with Gasteiger partial charge in [-0.15, -0.1) is 6.58 Å². The Morgan fingerprint density at radius 3 is 2.81 bits per heavy atom. The van der Waals surface area contributed by atoms with Gasteiger partial charge < -0.3 is 0 Å². The van der Waals surface area contributed by atoms with Gasteiger partial charge in [0, 0.05) is 30.5 Å². The van der Waals surface area contributed by atoms with Crippen LogP contribution in [0, 0.1) is 5.41 Å². The van der Waals surface area contributed by atoms with Gasteiger partial charge >= 0.3 is 0 Å². The zero-order valence-electron chi connectivity index (χ0n) is 12.9. The fourth-order valence-electron chi connectivity index (χ4n) is 4.32. The van der Waals surface area contributed by atoms with Crippen molar-refractivity contribution in [3.05, 3.63) is 48.6 Å². The lowest BCUT2D eigenvalue weighted by molar-refractivity contribution is -0.128. The Bertz CT molecular complexity index is 524. The summed E-state index contributed by atoms with van der Waals surface area (Å²) in [6, 6.07) is 11.4. The lowest BCUT2D eigenvalue weighted by atomic mass is 9.76. The van der Waals surface area contributed by atoms with Crippen molar-refractivity contribution < 1.29 is 4.79 Å². The fraction of sp³-hybridized carbons (Fsp3) is 0.526. The van der Waals surface area contributed by atoms with E-state index in [1.807, 2.05) is 6.08 Å². The van der Waals surface area contributed by atoms with Crippen molar-refractivity contribution >= 4 is 5.78 Å². The number of ketones is 1. The molecule has 2 nitrogen and oxygen atoms in total. The van der Waals surface area contributed by atoms with Crippen molar-refractivity contribution in [3.63, 3.8) is 0 Å². The van der Waals surface area contributed by atoms with Gasteiger partial charge in [-0.2, -0.15) is 0 Å². The number of hydrogen-bond acceptors (Lipinski definition) is 2. The molecule has 2 fully saturated rings. The van der Waals surface area contributed by atoms with E-state index in [0.29, 0.717) is 17.9 Å². The molecular weight excluding hydrogens is 258 g/mol. The molecule has 21 heavy (non-hydrogen) atoms. The lowest BCUT2D eigenvalue weighted by Crippen LogP contribution is -2.41. The minimum absolute atomic E-state index is 0.181. The van der Waals surface area contributed by atoms with Crippen LogP contribution in [0.3, 0.4) is 0 Å². The molecule has 1 heterocycles. The zero-order chi connectivity index (χ0) is 14.9. The maximum atomic E-state index is 12.7. The van der Waals surface area contributed by atoms with Gasteiger partial charge in [0.1, 0.15) is 5.78 Å². The SMILES string of the molecule is C=CCN1[C@@H](c2ccccc2)C[C@@]2(C)C(=O)CCCC[C@@H]12. The number of Topliss-reactive ketones (excluding diaryl/α,β-unsaturated/α-hetero) is 1. The summed E-state index contributed by atoms with van der Waals surface area (Å²) < 4.78 is 0. The van der Waals surface area contributed by atoms with Crippen molar-refractivity contribution in [1.82, 2.24) is 4.90 Å². The number of hydrogen-bond donors (Lipinski definition) is 0. The second-order valence-electron chi connectivity index (χ2n) is 6.72. The van der Waals surface area contributed by atoms with Gasteiger partial charge in [-0.05, 0) is 24.8 Å². The summed E-state index contributed by atoms with van der Waals surface area (Å²) in [5.41, 5.74) is 1.15. The van der Waals surface area contributed by atoms with Crippen molar-refractivity contribution in [2.45, 2.75) is 51.1 Å². The summed E-state index contributed by atoms with van der Waals surface area (Å²) in [4.78, 5) is 15.2. The van der Waals surface area contributed by atoms with Crippen LogP contribution in [0.1, 0.15) is 50.6 Å². The second-order valence-corrected chi connectivity index (χ2v) is 6.72. The van der Waals surface area contributed by atoms with Crippen LogP contribution in [0.4, 0.5) is 0 Å². The largest absolute Gasteiger partial charge is 0.299 e. The maximum Gasteiger partial charge on any atom is 0.140 e. The standard InChI is InChI=1S/C19H25NO/c1-3-13-20-16(15-9-5-4-6-10-15)14-19(2)17(20)11-7-8-12-18(19)21/h3-6,9-10,16-17H,1,7-8,11-14H2,2H3/t16-,17-,19-/m1/s1. The molecule has 1 aliphatic heterocycles. The summed E-state index contributed by atoms with van der Waals surface area (Å²) in [7, 11) is 0. The first-order chi connectivity index (χ1) is 10.2. The Kier molecular flexibility index (Phi) is 3.99. The highest BCUT2D eigenvalue weighted by Gasteiger charge is 2.53. The van der Waals surface area contributed by atoms with E-state index >= 15 is 0 Å². The van der Waals surface area contributed by atoms with Crippen LogP contribution < -0.4 is 0 Å². The van der Waals surface area contributed by atoms with E-state index in [1.165, 1.54) is 12.0 Å². The Labute approximate surface area is 127 Å². The van der Waals surface area contributed by atoms with E-state index in [4.69, 9.17) is 0 Å². The number of likely N-dealkylation sites (tertiary alicyclic amines) is 1. The number of benzene rings is 1. The molecular formula is C19H25NO. The first-order valence-electron chi connectivity index (χ1n) is 8.11. The smallest absolute Gasteiger partial charge is 0.140 e. The van der Waals surface area contributed by atoms with E-state index in [-0.39, 0.29) is 5.41 Å². The van der Waals surface area contributed by atoms with Crippen molar-refractivity contribution in [1.29, 1.82) is 0 Å². The van der Waals surface area contributed by atoms with Gasteiger partial charge in [-0.1, -0.05) is 49.8 Å². The number of rotatable bonds is 3. The summed E-state index contributed by atoms with van der Waals surface area (Å²) in [6.07, 6.45) is 7.06. The zero-order valence-corrected chi connectivity index (χ0v) is 12.9. The molecule has 0 N–H and O–H groups in total. The number of fused-ring (bicyclic) bond motifs is 1. The van der Waals surface area contributed by atoms with Gasteiger partial charge in [0.2, 0.25) is 0 Å². The van der Waals surface area contributed by atoms with E-state index < -0.39 is 0 Å². The topological polar surface area (TPSA) is 20.3 Å². The van der Waals surface area contributed by atoms with E-state index in [1.54, 1.807) is 0 Å². The third kappa shape index (κ3) is 2.46. The molecule has 112 valence electrons. The van der Waals surface area contributed by atoms with E-state index in [0.717, 1.165) is 32.2 Å². The molecule has 1 aromatic carbocycles. The lowest BCUT2D eigenvalue weighted by Gasteiger charge is -2.33. The molecule has 0 aromatic heterocycles. The third-order valence-corrected chi connectivity index (χ3v) is 5.45. The predicted molar refractivity (Wildman–Crippen MR) is 86.1 cm³/mol. The quantitative estimate of drug-likeness (QED) is 0.777. The van der Waals surface area contributed by atoms with Gasteiger partial charge in [0.25, 0.3) is 0 Å². The highest BCUT2D eigenvalue weighted by molar-refractivity contribution is 5.86. The monoisotopic (exact) mass is 283 g/mol. The van der Waals surface area contributed by atoms with Crippen molar-refractivity contribution in [2.75, 3.05) is 6.54 Å². The molecule has 2 heteroatoms. The van der Waals surface area contributed by atoms with Crippen LogP contribution in [0.5, 0.6) is 0 Å². The molecule has 0 bridgehead atoms. The van der Waals surface area contributed by atoms with Gasteiger partial charge in [0.15, 0.2) is 0 Å². The molecule has 0 unspecified atom stereocenters. The molecule has 0 radical (unpaired) electrons. The number of carbonyl (C=O) groups excluding carboxylic acids is 1.